The molecule has 3 aromatic rings. The summed E-state index contributed by atoms with van der Waals surface area (Å²) in [4.78, 5) is 43.0. The number of aromatic nitrogens is 1. The standard InChI is InChI=1S/C22H19FN4O4S/c1-22(14-5-7-15(23)8-6-14)19(29)27(21(30)26-22)11-18(28)25-20-24-17(12-32-20)13-3-9-16(31-2)10-4-13/h3-10,12H,11H2,1-2H3,(H,26,30)(H,24,25,28). The molecule has 4 amide bonds. The second kappa shape index (κ2) is 8.39. The molecule has 1 unspecified atom stereocenters. The predicted octanol–water partition coefficient (Wildman–Crippen LogP) is 3.36. The van der Waals surface area contributed by atoms with E-state index in [1.165, 1.54) is 42.5 Å². The predicted molar refractivity (Wildman–Crippen MR) is 117 cm³/mol. The molecule has 0 aliphatic carbocycles. The van der Waals surface area contributed by atoms with E-state index in [2.05, 4.69) is 15.6 Å². The summed E-state index contributed by atoms with van der Waals surface area (Å²) < 4.78 is 18.4. The van der Waals surface area contributed by atoms with Crippen LogP contribution in [0.2, 0.25) is 0 Å². The smallest absolute Gasteiger partial charge is 0.325 e. The Hall–Kier alpha value is -3.79. The largest absolute Gasteiger partial charge is 0.497 e. The fourth-order valence-electron chi connectivity index (χ4n) is 3.35. The van der Waals surface area contributed by atoms with Crippen molar-refractivity contribution in [2.24, 2.45) is 0 Å². The molecule has 1 saturated heterocycles. The third kappa shape index (κ3) is 4.04. The topological polar surface area (TPSA) is 101 Å². The van der Waals surface area contributed by atoms with Crippen molar-refractivity contribution in [3.63, 3.8) is 0 Å². The average molecular weight is 454 g/mol. The maximum absolute atomic E-state index is 13.2. The van der Waals surface area contributed by atoms with Crippen molar-refractivity contribution >= 4 is 34.3 Å². The monoisotopic (exact) mass is 454 g/mol. The van der Waals surface area contributed by atoms with Gasteiger partial charge in [0.25, 0.3) is 5.91 Å². The second-order valence-corrected chi connectivity index (χ2v) is 8.13. The average Bonchev–Trinajstić information content (AvgIpc) is 3.33. The van der Waals surface area contributed by atoms with E-state index in [-0.39, 0.29) is 0 Å². The molecule has 0 spiro atoms. The van der Waals surface area contributed by atoms with Crippen molar-refractivity contribution in [1.82, 2.24) is 15.2 Å². The van der Waals surface area contributed by atoms with Gasteiger partial charge in [-0.1, -0.05) is 12.1 Å². The van der Waals surface area contributed by atoms with Gasteiger partial charge in [0.2, 0.25) is 5.91 Å². The molecule has 4 rings (SSSR count). The third-order valence-electron chi connectivity index (χ3n) is 5.13. The first-order valence-corrected chi connectivity index (χ1v) is 10.5. The van der Waals surface area contributed by atoms with Crippen LogP contribution in [-0.2, 0) is 15.1 Å². The molecule has 0 bridgehead atoms. The van der Waals surface area contributed by atoms with Crippen molar-refractivity contribution in [2.75, 3.05) is 19.0 Å². The number of halogens is 1. The number of imide groups is 1. The van der Waals surface area contributed by atoms with Gasteiger partial charge in [0.15, 0.2) is 5.13 Å². The molecule has 0 radical (unpaired) electrons. The van der Waals surface area contributed by atoms with Crippen LogP contribution in [0.25, 0.3) is 11.3 Å². The van der Waals surface area contributed by atoms with Gasteiger partial charge in [-0.3, -0.25) is 14.5 Å². The van der Waals surface area contributed by atoms with Crippen LogP contribution in [0.4, 0.5) is 14.3 Å². The first-order valence-electron chi connectivity index (χ1n) is 9.60. The molecule has 1 aromatic heterocycles. The zero-order chi connectivity index (χ0) is 22.9. The molecule has 0 saturated carbocycles. The summed E-state index contributed by atoms with van der Waals surface area (Å²) >= 11 is 1.23. The number of urea groups is 1. The van der Waals surface area contributed by atoms with Gasteiger partial charge in [0.1, 0.15) is 23.7 Å². The van der Waals surface area contributed by atoms with Gasteiger partial charge < -0.3 is 15.4 Å². The van der Waals surface area contributed by atoms with Crippen LogP contribution in [0.3, 0.4) is 0 Å². The number of methoxy groups -OCH3 is 1. The zero-order valence-electron chi connectivity index (χ0n) is 17.2. The highest BCUT2D eigenvalue weighted by Gasteiger charge is 2.49. The maximum atomic E-state index is 13.2. The lowest BCUT2D eigenvalue weighted by Crippen LogP contribution is -2.42. The summed E-state index contributed by atoms with van der Waals surface area (Å²) in [6, 6.07) is 11.9. The molecule has 1 aliphatic rings. The number of amides is 4. The summed E-state index contributed by atoms with van der Waals surface area (Å²) in [5, 5.41) is 7.33. The number of nitrogens with zero attached hydrogens (tertiary/aromatic N) is 2. The molecule has 1 aliphatic heterocycles. The van der Waals surface area contributed by atoms with Gasteiger partial charge in [0.05, 0.1) is 12.8 Å². The molecule has 10 heteroatoms. The molecule has 1 fully saturated rings. The normalized spacial score (nSPS) is 17.9. The summed E-state index contributed by atoms with van der Waals surface area (Å²) in [6.07, 6.45) is 0. The van der Waals surface area contributed by atoms with E-state index in [1.807, 2.05) is 24.3 Å². The summed E-state index contributed by atoms with van der Waals surface area (Å²) in [5.74, 6) is -0.892. The number of hydrogen-bond donors (Lipinski definition) is 2. The summed E-state index contributed by atoms with van der Waals surface area (Å²) in [7, 11) is 1.58. The Morgan fingerprint density at radius 1 is 1.19 bits per heavy atom. The van der Waals surface area contributed by atoms with Crippen molar-refractivity contribution < 1.29 is 23.5 Å². The van der Waals surface area contributed by atoms with Crippen LogP contribution in [0, 0.1) is 5.82 Å². The van der Waals surface area contributed by atoms with Gasteiger partial charge in [-0.05, 0) is 48.9 Å². The van der Waals surface area contributed by atoms with E-state index >= 15 is 0 Å². The quantitative estimate of drug-likeness (QED) is 0.557. The number of carbonyl (C=O) groups is 3. The van der Waals surface area contributed by atoms with Crippen LogP contribution in [-0.4, -0.2) is 41.4 Å². The molecular formula is C22H19FN4O4S. The highest BCUT2D eigenvalue weighted by Crippen LogP contribution is 2.29. The van der Waals surface area contributed by atoms with Gasteiger partial charge in [-0.25, -0.2) is 14.2 Å². The summed E-state index contributed by atoms with van der Waals surface area (Å²) in [6.45, 7) is 1.04. The van der Waals surface area contributed by atoms with Crippen LogP contribution in [0.5, 0.6) is 5.75 Å². The highest BCUT2D eigenvalue weighted by molar-refractivity contribution is 7.14. The van der Waals surface area contributed by atoms with E-state index in [1.54, 1.807) is 12.5 Å². The maximum Gasteiger partial charge on any atom is 0.325 e. The number of nitrogens with one attached hydrogen (secondary N) is 2. The minimum Gasteiger partial charge on any atom is -0.497 e. The lowest BCUT2D eigenvalue weighted by atomic mass is 9.92. The molecule has 2 N–H and O–H groups in total. The Morgan fingerprint density at radius 2 is 1.88 bits per heavy atom. The Bertz CT molecular complexity index is 1180. The fraction of sp³-hybridized carbons (Fsp3) is 0.182. The summed E-state index contributed by atoms with van der Waals surface area (Å²) in [5.41, 5.74) is 0.566. The molecule has 32 heavy (non-hydrogen) atoms. The Morgan fingerprint density at radius 3 is 2.53 bits per heavy atom. The molecular weight excluding hydrogens is 435 g/mol. The first kappa shape index (κ1) is 21.4. The number of carbonyl (C=O) groups excluding carboxylic acids is 3. The van der Waals surface area contributed by atoms with Crippen molar-refractivity contribution in [1.29, 1.82) is 0 Å². The Labute approximate surface area is 187 Å². The SMILES string of the molecule is COc1ccc(-c2csc(NC(=O)CN3C(=O)NC(C)(c4ccc(F)cc4)C3=O)n2)cc1. The molecule has 164 valence electrons. The number of rotatable bonds is 6. The molecule has 2 aromatic carbocycles. The van der Waals surface area contributed by atoms with Crippen molar-refractivity contribution in [3.05, 3.63) is 65.3 Å². The van der Waals surface area contributed by atoms with Crippen molar-refractivity contribution in [2.45, 2.75) is 12.5 Å². The first-order chi connectivity index (χ1) is 15.3. The molecule has 2 heterocycles. The lowest BCUT2D eigenvalue weighted by Gasteiger charge is -2.22. The molecule has 1 atom stereocenters. The Kier molecular flexibility index (Phi) is 5.62. The molecule has 8 nitrogen and oxygen atoms in total. The van der Waals surface area contributed by atoms with E-state index in [4.69, 9.17) is 4.74 Å². The van der Waals surface area contributed by atoms with Gasteiger partial charge in [0, 0.05) is 10.9 Å². The minimum atomic E-state index is -1.38. The van der Waals surface area contributed by atoms with Crippen LogP contribution >= 0.6 is 11.3 Å². The number of ether oxygens (including phenoxy) is 1. The van der Waals surface area contributed by atoms with Gasteiger partial charge in [-0.15, -0.1) is 11.3 Å². The minimum absolute atomic E-state index is 0.342. The second-order valence-electron chi connectivity index (χ2n) is 7.27. The number of hydrogen-bond acceptors (Lipinski definition) is 6. The van der Waals surface area contributed by atoms with Crippen LogP contribution < -0.4 is 15.4 Å². The van der Waals surface area contributed by atoms with Crippen LogP contribution in [0.1, 0.15) is 12.5 Å². The fourth-order valence-corrected chi connectivity index (χ4v) is 4.08. The van der Waals surface area contributed by atoms with Crippen LogP contribution in [0.15, 0.2) is 53.9 Å². The highest BCUT2D eigenvalue weighted by atomic mass is 32.1. The lowest BCUT2D eigenvalue weighted by molar-refractivity contribution is -0.133. The van der Waals surface area contributed by atoms with Crippen molar-refractivity contribution in [3.8, 4) is 17.0 Å². The van der Waals surface area contributed by atoms with Gasteiger partial charge >= 0.3 is 6.03 Å². The van der Waals surface area contributed by atoms with Gasteiger partial charge in [-0.2, -0.15) is 0 Å². The number of benzene rings is 2. The number of anilines is 1. The zero-order valence-corrected chi connectivity index (χ0v) is 18.0. The van der Waals surface area contributed by atoms with E-state index < -0.39 is 35.7 Å². The third-order valence-corrected chi connectivity index (χ3v) is 5.89. The Balaban J connectivity index is 1.43. The van der Waals surface area contributed by atoms with E-state index in [9.17, 15) is 18.8 Å². The van der Waals surface area contributed by atoms with E-state index in [0.717, 1.165) is 16.2 Å². The van der Waals surface area contributed by atoms with E-state index in [0.29, 0.717) is 16.4 Å². The number of thiazole rings is 1.